The predicted molar refractivity (Wildman–Crippen MR) is 150 cm³/mol. The van der Waals surface area contributed by atoms with Crippen molar-refractivity contribution in [3.05, 3.63) is 94.8 Å². The second kappa shape index (κ2) is 11.2. The molecule has 0 radical (unpaired) electrons. The highest BCUT2D eigenvalue weighted by Gasteiger charge is 2.35. The van der Waals surface area contributed by atoms with Crippen molar-refractivity contribution in [2.24, 2.45) is 0 Å². The van der Waals surface area contributed by atoms with Crippen molar-refractivity contribution >= 4 is 22.6 Å². The topological polar surface area (TPSA) is 53.4 Å². The molecule has 1 aromatic heterocycles. The number of aromatic nitrogens is 2. The summed E-state index contributed by atoms with van der Waals surface area (Å²) in [5, 5.41) is 2.63. The Hall–Kier alpha value is -4.13. The van der Waals surface area contributed by atoms with Gasteiger partial charge >= 0.3 is 6.18 Å². The number of likely N-dealkylation sites (N-methyl/N-ethyl adjacent to an activating group) is 1. The van der Waals surface area contributed by atoms with Crippen molar-refractivity contribution in [2.45, 2.75) is 32.1 Å². The van der Waals surface area contributed by atoms with Crippen molar-refractivity contribution < 1.29 is 18.0 Å². The number of hydrogen-bond donors (Lipinski definition) is 1. The van der Waals surface area contributed by atoms with E-state index in [2.05, 4.69) is 27.2 Å². The van der Waals surface area contributed by atoms with Crippen LogP contribution >= 0.6 is 0 Å². The lowest BCUT2D eigenvalue weighted by molar-refractivity contribution is -0.138. The molecule has 1 unspecified atom stereocenters. The molecule has 0 spiro atoms. The number of halogens is 3. The summed E-state index contributed by atoms with van der Waals surface area (Å²) in [6.07, 6.45) is -1.99. The monoisotopic (exact) mass is 545 g/mol. The average molecular weight is 546 g/mol. The van der Waals surface area contributed by atoms with Crippen LogP contribution in [0.15, 0.2) is 67.0 Å². The molecular weight excluding hydrogens is 515 g/mol. The summed E-state index contributed by atoms with van der Waals surface area (Å²) in [6.45, 7) is 3.56. The van der Waals surface area contributed by atoms with E-state index in [0.29, 0.717) is 17.2 Å². The molecule has 0 aliphatic carbocycles. The van der Waals surface area contributed by atoms with E-state index in [9.17, 15) is 18.0 Å². The van der Waals surface area contributed by atoms with E-state index in [-0.39, 0.29) is 17.8 Å². The minimum atomic E-state index is -4.54. The van der Waals surface area contributed by atoms with E-state index in [1.165, 1.54) is 12.1 Å². The van der Waals surface area contributed by atoms with Crippen molar-refractivity contribution in [1.82, 2.24) is 19.4 Å². The second-order valence-electron chi connectivity index (χ2n) is 10.3. The molecule has 1 amide bonds. The van der Waals surface area contributed by atoms with Crippen LogP contribution in [0.3, 0.4) is 0 Å². The van der Waals surface area contributed by atoms with E-state index in [4.69, 9.17) is 0 Å². The van der Waals surface area contributed by atoms with Gasteiger partial charge in [0.1, 0.15) is 6.33 Å². The number of fused-ring (bicyclic) bond motifs is 1. The van der Waals surface area contributed by atoms with E-state index >= 15 is 0 Å². The smallest absolute Gasteiger partial charge is 0.322 e. The Balaban J connectivity index is 1.34. The number of aryl methyl sites for hydroxylation is 1. The number of benzene rings is 3. The van der Waals surface area contributed by atoms with E-state index in [0.717, 1.165) is 42.2 Å². The molecule has 0 bridgehead atoms. The summed E-state index contributed by atoms with van der Waals surface area (Å²) >= 11 is 0. The summed E-state index contributed by atoms with van der Waals surface area (Å²) in [5.74, 6) is 2.58. The molecule has 40 heavy (non-hydrogen) atoms. The zero-order chi connectivity index (χ0) is 28.4. The van der Waals surface area contributed by atoms with Crippen LogP contribution in [0.2, 0.25) is 0 Å². The third-order valence-corrected chi connectivity index (χ3v) is 7.31. The molecule has 5 rings (SSSR count). The van der Waals surface area contributed by atoms with Gasteiger partial charge in [0.15, 0.2) is 0 Å². The van der Waals surface area contributed by atoms with Crippen LogP contribution in [0.25, 0.3) is 11.0 Å². The van der Waals surface area contributed by atoms with Crippen molar-refractivity contribution in [3.63, 3.8) is 0 Å². The van der Waals surface area contributed by atoms with Gasteiger partial charge in [-0.2, -0.15) is 13.2 Å². The number of likely N-dealkylation sites (tertiary alicyclic amines) is 1. The maximum atomic E-state index is 14.0. The van der Waals surface area contributed by atoms with E-state index in [1.54, 1.807) is 29.1 Å². The summed E-state index contributed by atoms with van der Waals surface area (Å²) in [5.41, 5.74) is 3.05. The lowest BCUT2D eigenvalue weighted by Gasteiger charge is -2.22. The number of carbonyl (C=O) groups is 1. The Morgan fingerprint density at radius 3 is 2.67 bits per heavy atom. The summed E-state index contributed by atoms with van der Waals surface area (Å²) < 4.78 is 43.7. The first kappa shape index (κ1) is 27.4. The Kier molecular flexibility index (Phi) is 7.66. The average Bonchev–Trinajstić information content (AvgIpc) is 3.56. The van der Waals surface area contributed by atoms with Gasteiger partial charge < -0.3 is 10.2 Å². The zero-order valence-corrected chi connectivity index (χ0v) is 22.6. The van der Waals surface area contributed by atoms with Gasteiger partial charge in [-0.05, 0) is 80.9 Å². The minimum absolute atomic E-state index is 0.0896. The van der Waals surface area contributed by atoms with Crippen LogP contribution in [-0.2, 0) is 12.7 Å². The number of carbonyl (C=O) groups excluding carboxylic acids is 1. The number of hydrogen-bond acceptors (Lipinski definition) is 4. The van der Waals surface area contributed by atoms with Gasteiger partial charge in [0, 0.05) is 48.5 Å². The normalized spacial score (nSPS) is 15.8. The lowest BCUT2D eigenvalue weighted by Crippen LogP contribution is -2.31. The first-order chi connectivity index (χ1) is 19.1. The SMILES string of the molecule is Cc1ccc(C(=O)Nc2ccc(CN3CCC(N(C)C)C3)c(C(F)(F)F)c2)cc1C#Cn1cnc2ccccc21. The lowest BCUT2D eigenvalue weighted by atomic mass is 10.0. The van der Waals surface area contributed by atoms with Crippen molar-refractivity contribution in [3.8, 4) is 12.0 Å². The van der Waals surface area contributed by atoms with Crippen LogP contribution < -0.4 is 5.32 Å². The van der Waals surface area contributed by atoms with Gasteiger partial charge in [0.2, 0.25) is 0 Å². The summed E-state index contributed by atoms with van der Waals surface area (Å²) in [4.78, 5) is 21.5. The molecule has 1 aliphatic rings. The molecule has 1 saturated heterocycles. The van der Waals surface area contributed by atoms with Gasteiger partial charge in [-0.1, -0.05) is 24.3 Å². The number of nitrogens with zero attached hydrogens (tertiary/aromatic N) is 4. The summed E-state index contributed by atoms with van der Waals surface area (Å²) in [6, 6.07) is 20.1. The fraction of sp³-hybridized carbons (Fsp3) is 0.290. The second-order valence-corrected chi connectivity index (χ2v) is 10.3. The Morgan fingerprint density at radius 1 is 1.12 bits per heavy atom. The number of amides is 1. The fourth-order valence-corrected chi connectivity index (χ4v) is 4.94. The molecule has 9 heteroatoms. The molecule has 0 saturated carbocycles. The zero-order valence-electron chi connectivity index (χ0n) is 22.6. The van der Waals surface area contributed by atoms with E-state index < -0.39 is 17.6 Å². The van der Waals surface area contributed by atoms with Crippen LogP contribution in [0, 0.1) is 18.9 Å². The van der Waals surface area contributed by atoms with Crippen molar-refractivity contribution in [1.29, 1.82) is 0 Å². The fourth-order valence-electron chi connectivity index (χ4n) is 4.94. The van der Waals surface area contributed by atoms with Gasteiger partial charge in [-0.3, -0.25) is 14.3 Å². The number of rotatable bonds is 5. The molecule has 1 atom stereocenters. The maximum absolute atomic E-state index is 14.0. The molecule has 4 aromatic rings. The van der Waals surface area contributed by atoms with Crippen LogP contribution in [-0.4, -0.2) is 58.5 Å². The molecule has 2 heterocycles. The van der Waals surface area contributed by atoms with Crippen LogP contribution in [0.1, 0.15) is 39.0 Å². The van der Waals surface area contributed by atoms with Crippen LogP contribution in [0.5, 0.6) is 0 Å². The summed E-state index contributed by atoms with van der Waals surface area (Å²) in [7, 11) is 3.97. The quantitative estimate of drug-likeness (QED) is 0.332. The first-order valence-corrected chi connectivity index (χ1v) is 13.0. The standard InChI is InChI=1S/C31H30F3N5O/c1-21-8-9-23(16-22(21)12-15-39-20-35-28-6-4-5-7-29(28)39)30(40)36-25-11-10-24(27(17-25)31(32,33)34)18-38-14-13-26(19-38)37(2)3/h4-11,16-17,20,26H,13-14,18-19H2,1-3H3,(H,36,40). The predicted octanol–water partition coefficient (Wildman–Crippen LogP) is 5.61. The molecule has 1 aliphatic heterocycles. The molecule has 6 nitrogen and oxygen atoms in total. The number of nitrogens with one attached hydrogen (secondary N) is 1. The highest BCUT2D eigenvalue weighted by atomic mass is 19.4. The number of imidazole rings is 1. The molecular formula is C31H30F3N5O. The van der Waals surface area contributed by atoms with Crippen LogP contribution in [0.4, 0.5) is 18.9 Å². The number of para-hydroxylation sites is 2. The highest BCUT2D eigenvalue weighted by molar-refractivity contribution is 6.04. The van der Waals surface area contributed by atoms with Gasteiger partial charge in [0.05, 0.1) is 16.6 Å². The molecule has 1 N–H and O–H groups in total. The third-order valence-electron chi connectivity index (χ3n) is 7.31. The molecule has 206 valence electrons. The largest absolute Gasteiger partial charge is 0.416 e. The molecule has 3 aromatic carbocycles. The number of alkyl halides is 3. The minimum Gasteiger partial charge on any atom is -0.322 e. The van der Waals surface area contributed by atoms with E-state index in [1.807, 2.05) is 50.2 Å². The third kappa shape index (κ3) is 6.03. The Morgan fingerprint density at radius 2 is 1.93 bits per heavy atom. The Bertz CT molecular complexity index is 1610. The first-order valence-electron chi connectivity index (χ1n) is 13.0. The van der Waals surface area contributed by atoms with Crippen molar-refractivity contribution in [2.75, 3.05) is 32.5 Å². The maximum Gasteiger partial charge on any atom is 0.416 e. The highest BCUT2D eigenvalue weighted by Crippen LogP contribution is 2.35. The number of anilines is 1. The van der Waals surface area contributed by atoms with Gasteiger partial charge in [-0.25, -0.2) is 4.98 Å². The molecule has 1 fully saturated rings. The Labute approximate surface area is 231 Å². The van der Waals surface area contributed by atoms with Gasteiger partial charge in [0.25, 0.3) is 5.91 Å². The van der Waals surface area contributed by atoms with Gasteiger partial charge in [-0.15, -0.1) is 0 Å².